The van der Waals surface area contributed by atoms with Crippen LogP contribution in [-0.4, -0.2) is 72.3 Å². The number of hydrogen-bond acceptors (Lipinski definition) is 10. The van der Waals surface area contributed by atoms with Crippen molar-refractivity contribution in [1.29, 1.82) is 0 Å². The molecule has 0 atom stereocenters. The predicted molar refractivity (Wildman–Crippen MR) is 158 cm³/mol. The molecule has 15 heteroatoms. The van der Waals surface area contributed by atoms with E-state index >= 15 is 0 Å². The third-order valence-corrected chi connectivity index (χ3v) is 9.84. The zero-order valence-corrected chi connectivity index (χ0v) is 24.8. The van der Waals surface area contributed by atoms with Crippen LogP contribution in [0.2, 0.25) is 0 Å². The number of nitrogen functional groups attached to an aromatic ring is 2. The highest BCUT2D eigenvalue weighted by Crippen LogP contribution is 2.27. The zero-order chi connectivity index (χ0) is 28.5. The highest BCUT2D eigenvalue weighted by molar-refractivity contribution is 14.1. The number of piperidine rings is 1. The number of nitrogens with zero attached hydrogens (tertiary/aromatic N) is 4. The number of anilines is 2. The lowest BCUT2D eigenvalue weighted by molar-refractivity contribution is 0.0668. The number of aromatic nitrogens is 2. The Morgan fingerprint density at radius 3 is 2.55 bits per heavy atom. The number of amides is 2. The average molecular weight is 682 g/mol. The molecule has 214 valence electrons. The molecule has 1 aromatic heterocycles. The molecule has 13 nitrogen and oxygen atoms in total. The molecule has 2 aromatic rings. The van der Waals surface area contributed by atoms with Gasteiger partial charge >= 0.3 is 0 Å². The number of carbonyl (C=O) groups excluding carboxylic acids is 2. The van der Waals surface area contributed by atoms with E-state index in [4.69, 9.17) is 11.5 Å². The molecule has 2 fully saturated rings. The van der Waals surface area contributed by atoms with E-state index in [9.17, 15) is 18.0 Å². The summed E-state index contributed by atoms with van der Waals surface area (Å²) in [5.41, 5.74) is 12.1. The number of rotatable bonds is 6. The number of hydrogen-bond donors (Lipinski definition) is 5. The molecular weight excluding hydrogens is 649 g/mol. The number of benzene rings is 1. The van der Waals surface area contributed by atoms with E-state index in [0.29, 0.717) is 54.1 Å². The second-order valence-electron chi connectivity index (χ2n) is 10.4. The van der Waals surface area contributed by atoms with Gasteiger partial charge in [0.05, 0.1) is 22.7 Å². The Labute approximate surface area is 246 Å². The van der Waals surface area contributed by atoms with Crippen molar-refractivity contribution in [3.05, 3.63) is 41.2 Å². The highest BCUT2D eigenvalue weighted by Gasteiger charge is 2.40. The van der Waals surface area contributed by atoms with Crippen LogP contribution in [0.25, 0.3) is 0 Å². The molecule has 0 radical (unpaired) electrons. The first-order chi connectivity index (χ1) is 19.1. The molecule has 1 aliphatic carbocycles. The lowest BCUT2D eigenvalue weighted by Gasteiger charge is -2.39. The third-order valence-electron chi connectivity index (χ3n) is 7.60. The van der Waals surface area contributed by atoms with E-state index in [0.717, 1.165) is 25.7 Å². The molecule has 1 saturated heterocycles. The molecule has 3 heterocycles. The molecule has 7 N–H and O–H groups in total. The largest absolute Gasteiger partial charge is 0.382 e. The smallest absolute Gasteiger partial charge is 0.280 e. The Kier molecular flexibility index (Phi) is 8.15. The number of carbonyl (C=O) groups is 2. The normalized spacial score (nSPS) is 18.9. The van der Waals surface area contributed by atoms with Crippen molar-refractivity contribution >= 4 is 62.0 Å². The van der Waals surface area contributed by atoms with Crippen LogP contribution in [0.3, 0.4) is 0 Å². The fraction of sp³-hybridized carbons (Fsp3) is 0.480. The van der Waals surface area contributed by atoms with Crippen molar-refractivity contribution in [2.45, 2.75) is 59.4 Å². The van der Waals surface area contributed by atoms with Crippen LogP contribution in [-0.2, 0) is 14.5 Å². The summed E-state index contributed by atoms with van der Waals surface area (Å²) in [4.78, 5) is 40.6. The van der Waals surface area contributed by atoms with Gasteiger partial charge in [-0.15, -0.1) is 0 Å². The number of likely N-dealkylation sites (tertiary alicyclic amines) is 1. The molecule has 2 aliphatic heterocycles. The van der Waals surface area contributed by atoms with Gasteiger partial charge in [-0.3, -0.25) is 19.9 Å². The molecule has 3 aliphatic rings. The summed E-state index contributed by atoms with van der Waals surface area (Å²) >= 11 is 2.08. The number of halogens is 1. The van der Waals surface area contributed by atoms with Gasteiger partial charge in [0.25, 0.3) is 11.8 Å². The van der Waals surface area contributed by atoms with Crippen LogP contribution < -0.4 is 26.8 Å². The Bertz CT molecular complexity index is 1450. The van der Waals surface area contributed by atoms with Gasteiger partial charge in [-0.25, -0.2) is 23.1 Å². The average Bonchev–Trinajstić information content (AvgIpc) is 3.58. The minimum Gasteiger partial charge on any atom is -0.382 e. The number of guanidine groups is 1. The van der Waals surface area contributed by atoms with Crippen molar-refractivity contribution in [1.82, 2.24) is 30.2 Å². The maximum Gasteiger partial charge on any atom is 0.280 e. The zero-order valence-electron chi connectivity index (χ0n) is 21.8. The maximum absolute atomic E-state index is 13.3. The third kappa shape index (κ3) is 6.00. The van der Waals surface area contributed by atoms with Gasteiger partial charge in [0, 0.05) is 29.1 Å². The van der Waals surface area contributed by atoms with E-state index in [-0.39, 0.29) is 34.2 Å². The van der Waals surface area contributed by atoms with Crippen LogP contribution >= 0.6 is 22.6 Å². The van der Waals surface area contributed by atoms with E-state index in [2.05, 4.69) is 52.9 Å². The maximum atomic E-state index is 13.3. The van der Waals surface area contributed by atoms with Gasteiger partial charge in [0.1, 0.15) is 5.82 Å². The lowest BCUT2D eigenvalue weighted by atomic mass is 9.88. The van der Waals surface area contributed by atoms with Crippen LogP contribution in [0.15, 0.2) is 34.2 Å². The van der Waals surface area contributed by atoms with Crippen LogP contribution in [0.5, 0.6) is 0 Å². The second kappa shape index (κ2) is 11.4. The molecule has 1 spiro atoms. The topological polar surface area (TPSA) is 198 Å². The highest BCUT2D eigenvalue weighted by atomic mass is 127. The molecule has 40 heavy (non-hydrogen) atoms. The minimum absolute atomic E-state index is 0.0191. The molecule has 2 amide bonds. The van der Waals surface area contributed by atoms with Gasteiger partial charge in [0.2, 0.25) is 10.0 Å². The van der Waals surface area contributed by atoms with Crippen LogP contribution in [0.1, 0.15) is 65.1 Å². The minimum atomic E-state index is -3.70. The molecular formula is C25H32IN9O4S. The summed E-state index contributed by atoms with van der Waals surface area (Å²) in [5.74, 6) is -0.316. The predicted octanol–water partition coefficient (Wildman–Crippen LogP) is 1.16. The van der Waals surface area contributed by atoms with Gasteiger partial charge in [-0.05, 0) is 43.9 Å². The Morgan fingerprint density at radius 2 is 1.85 bits per heavy atom. The van der Waals surface area contributed by atoms with E-state index in [1.54, 1.807) is 17.0 Å². The second-order valence-corrected chi connectivity index (χ2v) is 12.8. The number of nitrogens with one attached hydrogen (secondary N) is 3. The van der Waals surface area contributed by atoms with E-state index < -0.39 is 21.5 Å². The van der Waals surface area contributed by atoms with Crippen molar-refractivity contribution in [2.24, 2.45) is 4.99 Å². The van der Waals surface area contributed by atoms with Crippen molar-refractivity contribution in [3.8, 4) is 0 Å². The van der Waals surface area contributed by atoms with Crippen molar-refractivity contribution in [3.63, 3.8) is 0 Å². The first-order valence-corrected chi connectivity index (χ1v) is 16.1. The fourth-order valence-corrected chi connectivity index (χ4v) is 7.20. The lowest BCUT2D eigenvalue weighted by Crippen LogP contribution is -2.57. The Balaban J connectivity index is 1.18. The molecule has 1 saturated carbocycles. The fourth-order valence-electron chi connectivity index (χ4n) is 5.29. The van der Waals surface area contributed by atoms with Crippen LogP contribution in [0, 0.1) is 0 Å². The van der Waals surface area contributed by atoms with E-state index in [1.165, 1.54) is 12.1 Å². The Hall–Kier alpha value is -3.05. The SMILES string of the molecule is Nc1nc(N)c(C(=O)NC2=NCC3(CCN(C(=O)c4cccc(S(=O)(=O)NC5CCCC5)c4)CC3)N2)nc1CI. The number of aliphatic imine (C=N–C) groups is 1. The first-order valence-electron chi connectivity index (χ1n) is 13.1. The van der Waals surface area contributed by atoms with Gasteiger partial charge in [0.15, 0.2) is 17.5 Å². The quantitative estimate of drug-likeness (QED) is 0.220. The summed E-state index contributed by atoms with van der Waals surface area (Å²) in [6, 6.07) is 6.15. The van der Waals surface area contributed by atoms with Crippen LogP contribution in [0.4, 0.5) is 11.6 Å². The standard InChI is InChI=1S/C25H32IN9O4S/c26-13-18-20(27)31-21(28)19(30-18)22(36)32-24-29-14-25(33-24)8-10-35(11-9-25)23(37)15-4-3-7-17(12-15)40(38,39)34-16-5-1-2-6-16/h3-4,7,12,16,34H,1-2,5-6,8-11,13-14H2,(H4,27,28,31)(H2,29,32,33,36). The molecule has 1 aromatic carbocycles. The number of nitrogens with two attached hydrogens (primary N) is 2. The first kappa shape index (κ1) is 28.5. The van der Waals surface area contributed by atoms with Crippen molar-refractivity contribution in [2.75, 3.05) is 31.1 Å². The Morgan fingerprint density at radius 1 is 1.12 bits per heavy atom. The summed E-state index contributed by atoms with van der Waals surface area (Å²) in [7, 11) is -3.70. The van der Waals surface area contributed by atoms with Gasteiger partial charge < -0.3 is 21.7 Å². The monoisotopic (exact) mass is 681 g/mol. The van der Waals surface area contributed by atoms with Gasteiger partial charge in [-0.2, -0.15) is 0 Å². The summed E-state index contributed by atoms with van der Waals surface area (Å²) < 4.78 is 29.0. The summed E-state index contributed by atoms with van der Waals surface area (Å²) in [5, 5.41) is 6.02. The number of alkyl halides is 1. The molecule has 5 rings (SSSR count). The number of sulfonamides is 1. The van der Waals surface area contributed by atoms with Gasteiger partial charge in [-0.1, -0.05) is 41.5 Å². The summed E-state index contributed by atoms with van der Waals surface area (Å²) in [6.07, 6.45) is 4.90. The van der Waals surface area contributed by atoms with Crippen molar-refractivity contribution < 1.29 is 18.0 Å². The molecule has 0 bridgehead atoms. The molecule has 0 unspecified atom stereocenters. The van der Waals surface area contributed by atoms with E-state index in [1.807, 2.05) is 0 Å². The summed E-state index contributed by atoms with van der Waals surface area (Å²) in [6.45, 7) is 1.34.